The Balaban J connectivity index is 2.11. The van der Waals surface area contributed by atoms with E-state index in [2.05, 4.69) is 19.3 Å². The first-order chi connectivity index (χ1) is 6.76. The van der Waals surface area contributed by atoms with Gasteiger partial charge >= 0.3 is 0 Å². The largest absolute Gasteiger partial charge is 0.501 e. The van der Waals surface area contributed by atoms with Crippen molar-refractivity contribution in [3.63, 3.8) is 0 Å². The van der Waals surface area contributed by atoms with Crippen molar-refractivity contribution in [3.8, 4) is 0 Å². The second kappa shape index (κ2) is 3.93. The second-order valence-electron chi connectivity index (χ2n) is 4.90. The van der Waals surface area contributed by atoms with Gasteiger partial charge < -0.3 is 10.1 Å². The number of hydrogen-bond donors (Lipinski definition) is 1. The van der Waals surface area contributed by atoms with Gasteiger partial charge in [-0.2, -0.15) is 0 Å². The predicted molar refractivity (Wildman–Crippen MR) is 58.1 cm³/mol. The van der Waals surface area contributed by atoms with Crippen LogP contribution in [0.2, 0.25) is 0 Å². The highest BCUT2D eigenvalue weighted by molar-refractivity contribution is 5.16. The molecule has 80 valence electrons. The molecule has 0 radical (unpaired) electrons. The zero-order valence-electron chi connectivity index (χ0n) is 9.31. The van der Waals surface area contributed by atoms with Gasteiger partial charge in [-0.05, 0) is 30.9 Å². The number of likely N-dealkylation sites (N-methyl/N-ethyl adjacent to an activating group) is 1. The molecule has 1 atom stereocenters. The summed E-state index contributed by atoms with van der Waals surface area (Å²) in [5.74, 6) is 0. The van der Waals surface area contributed by atoms with E-state index in [1.807, 2.05) is 6.26 Å². The molecule has 1 unspecified atom stereocenters. The lowest BCUT2D eigenvalue weighted by Crippen LogP contribution is -2.41. The molecular weight excluding hydrogens is 174 g/mol. The van der Waals surface area contributed by atoms with Crippen LogP contribution in [-0.2, 0) is 4.74 Å². The first-order valence-corrected chi connectivity index (χ1v) is 5.74. The molecule has 0 spiro atoms. The molecule has 1 aliphatic carbocycles. The summed E-state index contributed by atoms with van der Waals surface area (Å²) < 4.78 is 5.34. The fourth-order valence-electron chi connectivity index (χ4n) is 3.07. The van der Waals surface area contributed by atoms with Crippen LogP contribution in [0.4, 0.5) is 0 Å². The van der Waals surface area contributed by atoms with Gasteiger partial charge in [0.1, 0.15) is 0 Å². The Hall–Kier alpha value is -0.500. The zero-order valence-corrected chi connectivity index (χ0v) is 9.31. The highest BCUT2D eigenvalue weighted by Gasteiger charge is 2.38. The van der Waals surface area contributed by atoms with Crippen LogP contribution in [0, 0.1) is 5.41 Å². The highest BCUT2D eigenvalue weighted by Crippen LogP contribution is 2.43. The van der Waals surface area contributed by atoms with Crippen molar-refractivity contribution >= 4 is 0 Å². The van der Waals surface area contributed by atoms with Gasteiger partial charge in [0.05, 0.1) is 12.9 Å². The summed E-state index contributed by atoms with van der Waals surface area (Å²) >= 11 is 0. The van der Waals surface area contributed by atoms with E-state index in [0.717, 1.165) is 13.0 Å². The highest BCUT2D eigenvalue weighted by atomic mass is 16.5. The average molecular weight is 195 g/mol. The van der Waals surface area contributed by atoms with Gasteiger partial charge in [0.2, 0.25) is 0 Å². The van der Waals surface area contributed by atoms with Crippen molar-refractivity contribution in [1.29, 1.82) is 0 Å². The van der Waals surface area contributed by atoms with Gasteiger partial charge in [-0.25, -0.2) is 0 Å². The maximum absolute atomic E-state index is 5.34. The van der Waals surface area contributed by atoms with Crippen LogP contribution in [-0.4, -0.2) is 19.7 Å². The van der Waals surface area contributed by atoms with Crippen LogP contribution in [0.3, 0.4) is 0 Å². The van der Waals surface area contributed by atoms with Crippen LogP contribution in [0.5, 0.6) is 0 Å². The van der Waals surface area contributed by atoms with Gasteiger partial charge in [-0.3, -0.25) is 0 Å². The smallest absolute Gasteiger partial charge is 0.0912 e. The Kier molecular flexibility index (Phi) is 2.82. The number of hydrogen-bond acceptors (Lipinski definition) is 2. The number of ether oxygens (including phenoxy) is 1. The SMILES string of the molecule is CNC(C1=COCC1)C1(C)CCCC1. The molecule has 0 aromatic carbocycles. The Bertz CT molecular complexity index is 228. The minimum absolute atomic E-state index is 0.467. The lowest BCUT2D eigenvalue weighted by molar-refractivity contribution is 0.257. The number of nitrogens with one attached hydrogen (secondary N) is 1. The first-order valence-electron chi connectivity index (χ1n) is 5.74. The van der Waals surface area contributed by atoms with Crippen molar-refractivity contribution in [2.24, 2.45) is 5.41 Å². The molecule has 0 aromatic heterocycles. The molecule has 0 aromatic rings. The molecule has 2 aliphatic rings. The summed E-state index contributed by atoms with van der Waals surface area (Å²) in [6.07, 6.45) is 8.59. The minimum Gasteiger partial charge on any atom is -0.501 e. The molecule has 1 heterocycles. The Morgan fingerprint density at radius 1 is 1.43 bits per heavy atom. The molecule has 1 N–H and O–H groups in total. The summed E-state index contributed by atoms with van der Waals surface area (Å²) in [4.78, 5) is 0. The lowest BCUT2D eigenvalue weighted by atomic mass is 9.77. The Morgan fingerprint density at radius 2 is 2.14 bits per heavy atom. The van der Waals surface area contributed by atoms with Crippen LogP contribution < -0.4 is 5.32 Å². The molecule has 1 fully saturated rings. The van der Waals surface area contributed by atoms with Crippen molar-refractivity contribution in [3.05, 3.63) is 11.8 Å². The van der Waals surface area contributed by atoms with E-state index in [1.165, 1.54) is 31.3 Å². The third-order valence-electron chi connectivity index (χ3n) is 3.85. The van der Waals surface area contributed by atoms with Gasteiger partial charge in [0.25, 0.3) is 0 Å². The second-order valence-corrected chi connectivity index (χ2v) is 4.90. The maximum atomic E-state index is 5.34. The van der Waals surface area contributed by atoms with Crippen molar-refractivity contribution in [2.75, 3.05) is 13.7 Å². The molecule has 2 rings (SSSR count). The normalized spacial score (nSPS) is 27.1. The lowest BCUT2D eigenvalue weighted by Gasteiger charge is -2.34. The predicted octanol–water partition coefficient (Wildman–Crippen LogP) is 2.46. The Labute approximate surface area is 86.7 Å². The van der Waals surface area contributed by atoms with Crippen LogP contribution >= 0.6 is 0 Å². The summed E-state index contributed by atoms with van der Waals surface area (Å²) in [5, 5.41) is 3.48. The minimum atomic E-state index is 0.467. The quantitative estimate of drug-likeness (QED) is 0.747. The maximum Gasteiger partial charge on any atom is 0.0912 e. The van der Waals surface area contributed by atoms with Gasteiger partial charge in [0, 0.05) is 12.5 Å². The van der Waals surface area contributed by atoms with Gasteiger partial charge in [-0.1, -0.05) is 19.8 Å². The summed E-state index contributed by atoms with van der Waals surface area (Å²) in [7, 11) is 2.08. The third-order valence-corrected chi connectivity index (χ3v) is 3.85. The first kappa shape index (κ1) is 10.0. The molecule has 1 aliphatic heterocycles. The number of rotatable bonds is 3. The van der Waals surface area contributed by atoms with Crippen LogP contribution in [0.25, 0.3) is 0 Å². The third kappa shape index (κ3) is 1.68. The van der Waals surface area contributed by atoms with E-state index in [1.54, 1.807) is 0 Å². The summed E-state index contributed by atoms with van der Waals surface area (Å²) in [6.45, 7) is 3.30. The van der Waals surface area contributed by atoms with E-state index in [9.17, 15) is 0 Å². The van der Waals surface area contributed by atoms with Gasteiger partial charge in [-0.15, -0.1) is 0 Å². The molecule has 2 nitrogen and oxygen atoms in total. The van der Waals surface area contributed by atoms with Crippen molar-refractivity contribution in [1.82, 2.24) is 5.32 Å². The zero-order chi connectivity index (χ0) is 10.0. The molecule has 0 amide bonds. The molecule has 2 heteroatoms. The summed E-state index contributed by atoms with van der Waals surface area (Å²) in [6, 6.07) is 0.535. The fraction of sp³-hybridized carbons (Fsp3) is 0.833. The summed E-state index contributed by atoms with van der Waals surface area (Å²) in [5.41, 5.74) is 1.94. The van der Waals surface area contributed by atoms with Gasteiger partial charge in [0.15, 0.2) is 0 Å². The molecule has 0 bridgehead atoms. The van der Waals surface area contributed by atoms with E-state index in [-0.39, 0.29) is 0 Å². The van der Waals surface area contributed by atoms with Crippen molar-refractivity contribution in [2.45, 2.75) is 45.1 Å². The average Bonchev–Trinajstić information content (AvgIpc) is 2.78. The Morgan fingerprint density at radius 3 is 2.64 bits per heavy atom. The van der Waals surface area contributed by atoms with Crippen LogP contribution in [0.1, 0.15) is 39.0 Å². The van der Waals surface area contributed by atoms with E-state index in [4.69, 9.17) is 4.74 Å². The fourth-order valence-corrected chi connectivity index (χ4v) is 3.07. The molecule has 1 saturated carbocycles. The monoisotopic (exact) mass is 195 g/mol. The molecular formula is C12H21NO. The van der Waals surface area contributed by atoms with Crippen molar-refractivity contribution < 1.29 is 4.74 Å². The van der Waals surface area contributed by atoms with E-state index in [0.29, 0.717) is 11.5 Å². The standard InChI is InChI=1S/C12H21NO/c1-12(6-3-4-7-12)11(13-2)10-5-8-14-9-10/h9,11,13H,3-8H2,1-2H3. The molecule has 14 heavy (non-hydrogen) atoms. The van der Waals surface area contributed by atoms with Crippen LogP contribution in [0.15, 0.2) is 11.8 Å². The molecule has 0 saturated heterocycles. The van der Waals surface area contributed by atoms with E-state index >= 15 is 0 Å². The van der Waals surface area contributed by atoms with E-state index < -0.39 is 0 Å². The topological polar surface area (TPSA) is 21.3 Å².